The average Bonchev–Trinajstić information content (AvgIpc) is 2.69. The van der Waals surface area contributed by atoms with E-state index in [2.05, 4.69) is 5.32 Å². The molecule has 2 N–H and O–H groups in total. The molecule has 0 saturated heterocycles. The number of nitrogens with one attached hydrogen (secondary N) is 1. The Labute approximate surface area is 88.1 Å². The molecule has 84 valence electrons. The first kappa shape index (κ1) is 12.0. The van der Waals surface area contributed by atoms with Gasteiger partial charge < -0.3 is 10.4 Å². The van der Waals surface area contributed by atoms with Gasteiger partial charge in [0.2, 0.25) is 0 Å². The Balaban J connectivity index is 1.75. The van der Waals surface area contributed by atoms with Gasteiger partial charge in [0.05, 0.1) is 0 Å². The van der Waals surface area contributed by atoms with Gasteiger partial charge in [-0.1, -0.05) is 25.7 Å². The average molecular weight is 199 g/mol. The van der Waals surface area contributed by atoms with Crippen LogP contribution >= 0.6 is 0 Å². The van der Waals surface area contributed by atoms with Gasteiger partial charge in [0.15, 0.2) is 0 Å². The molecule has 0 aromatic heterocycles. The molecule has 0 heterocycles. The van der Waals surface area contributed by atoms with Crippen molar-refractivity contribution in [3.63, 3.8) is 0 Å². The molecule has 2 heteroatoms. The highest BCUT2D eigenvalue weighted by atomic mass is 16.2. The lowest BCUT2D eigenvalue weighted by atomic mass is 10.1. The molecule has 0 aliphatic heterocycles. The van der Waals surface area contributed by atoms with Crippen molar-refractivity contribution in [3.8, 4) is 0 Å². The highest BCUT2D eigenvalue weighted by molar-refractivity contribution is 4.69. The van der Waals surface area contributed by atoms with Crippen LogP contribution in [0.4, 0.5) is 0 Å². The second kappa shape index (κ2) is 8.25. The molecule has 0 unspecified atom stereocenters. The van der Waals surface area contributed by atoms with Crippen molar-refractivity contribution >= 4 is 0 Å². The summed E-state index contributed by atoms with van der Waals surface area (Å²) in [6.07, 6.45) is 10.5. The summed E-state index contributed by atoms with van der Waals surface area (Å²) in [5, 5.41) is 12.1. The highest BCUT2D eigenvalue weighted by Crippen LogP contribution is 2.23. The number of aliphatic hydroxyl groups is 1. The predicted molar refractivity (Wildman–Crippen MR) is 60.4 cm³/mol. The summed E-state index contributed by atoms with van der Waals surface area (Å²) in [4.78, 5) is 0. The van der Waals surface area contributed by atoms with E-state index in [0.717, 1.165) is 12.3 Å². The zero-order valence-electron chi connectivity index (χ0n) is 9.30. The van der Waals surface area contributed by atoms with Crippen molar-refractivity contribution < 1.29 is 5.11 Å². The fraction of sp³-hybridized carbons (Fsp3) is 1.00. The van der Waals surface area contributed by atoms with Gasteiger partial charge in [-0.3, -0.25) is 0 Å². The van der Waals surface area contributed by atoms with Crippen LogP contribution in [0.5, 0.6) is 0 Å². The first-order valence-corrected chi connectivity index (χ1v) is 6.25. The Morgan fingerprint density at radius 1 is 1.00 bits per heavy atom. The van der Waals surface area contributed by atoms with Crippen molar-refractivity contribution in [2.45, 2.75) is 51.4 Å². The lowest BCUT2D eigenvalue weighted by Crippen LogP contribution is -2.22. The minimum absolute atomic E-state index is 0.357. The maximum atomic E-state index is 8.60. The van der Waals surface area contributed by atoms with Crippen molar-refractivity contribution in [2.75, 3.05) is 19.7 Å². The first-order chi connectivity index (χ1) is 6.93. The number of rotatable bonds is 8. The molecule has 1 fully saturated rings. The highest BCUT2D eigenvalue weighted by Gasteiger charge is 2.13. The molecular weight excluding hydrogens is 174 g/mol. The standard InChI is InChI=1S/C12H25NO/c14-10-6-2-1-5-9-13-11-12-7-3-4-8-12/h12-14H,1-11H2. The van der Waals surface area contributed by atoms with Gasteiger partial charge in [-0.25, -0.2) is 0 Å². The van der Waals surface area contributed by atoms with Gasteiger partial charge >= 0.3 is 0 Å². The zero-order chi connectivity index (χ0) is 10.1. The van der Waals surface area contributed by atoms with E-state index < -0.39 is 0 Å². The van der Waals surface area contributed by atoms with E-state index in [0.29, 0.717) is 6.61 Å². The summed E-state index contributed by atoms with van der Waals surface area (Å²) < 4.78 is 0. The third-order valence-electron chi connectivity index (χ3n) is 3.17. The van der Waals surface area contributed by atoms with Crippen molar-refractivity contribution in [3.05, 3.63) is 0 Å². The van der Waals surface area contributed by atoms with Crippen LogP contribution in [0, 0.1) is 5.92 Å². The van der Waals surface area contributed by atoms with E-state index in [1.807, 2.05) is 0 Å². The minimum atomic E-state index is 0.357. The second-order valence-corrected chi connectivity index (χ2v) is 4.49. The summed E-state index contributed by atoms with van der Waals surface area (Å²) >= 11 is 0. The Morgan fingerprint density at radius 3 is 2.43 bits per heavy atom. The number of unbranched alkanes of at least 4 members (excludes halogenated alkanes) is 3. The molecule has 0 bridgehead atoms. The van der Waals surface area contributed by atoms with Crippen molar-refractivity contribution in [1.29, 1.82) is 0 Å². The molecule has 1 aliphatic rings. The molecule has 1 rings (SSSR count). The summed E-state index contributed by atoms with van der Waals surface area (Å²) in [5.74, 6) is 0.965. The summed E-state index contributed by atoms with van der Waals surface area (Å²) in [7, 11) is 0. The topological polar surface area (TPSA) is 32.3 Å². The van der Waals surface area contributed by atoms with E-state index in [-0.39, 0.29) is 0 Å². The third-order valence-corrected chi connectivity index (χ3v) is 3.17. The molecular formula is C12H25NO. The molecule has 1 saturated carbocycles. The monoisotopic (exact) mass is 199 g/mol. The number of hydrogen-bond acceptors (Lipinski definition) is 2. The van der Waals surface area contributed by atoms with Gasteiger partial charge in [0.25, 0.3) is 0 Å². The summed E-state index contributed by atoms with van der Waals surface area (Å²) in [6.45, 7) is 2.76. The molecule has 14 heavy (non-hydrogen) atoms. The molecule has 2 nitrogen and oxygen atoms in total. The summed E-state index contributed by atoms with van der Waals surface area (Å²) in [5.41, 5.74) is 0. The zero-order valence-corrected chi connectivity index (χ0v) is 9.30. The van der Waals surface area contributed by atoms with Crippen LogP contribution in [0.1, 0.15) is 51.4 Å². The van der Waals surface area contributed by atoms with Gasteiger partial charge in [0.1, 0.15) is 0 Å². The van der Waals surface area contributed by atoms with Crippen LogP contribution in [0.3, 0.4) is 0 Å². The lowest BCUT2D eigenvalue weighted by Gasteiger charge is -2.09. The fourth-order valence-electron chi connectivity index (χ4n) is 2.24. The van der Waals surface area contributed by atoms with E-state index in [1.54, 1.807) is 0 Å². The SMILES string of the molecule is OCCCCCCNCC1CCCC1. The number of hydrogen-bond donors (Lipinski definition) is 2. The van der Waals surface area contributed by atoms with Gasteiger partial charge in [-0.05, 0) is 44.7 Å². The summed E-state index contributed by atoms with van der Waals surface area (Å²) in [6, 6.07) is 0. The fourth-order valence-corrected chi connectivity index (χ4v) is 2.24. The van der Waals surface area contributed by atoms with Crippen LogP contribution in [0.2, 0.25) is 0 Å². The third kappa shape index (κ3) is 5.61. The van der Waals surface area contributed by atoms with Gasteiger partial charge in [-0.2, -0.15) is 0 Å². The van der Waals surface area contributed by atoms with E-state index >= 15 is 0 Å². The van der Waals surface area contributed by atoms with E-state index in [4.69, 9.17) is 5.11 Å². The maximum Gasteiger partial charge on any atom is 0.0431 e. The van der Waals surface area contributed by atoms with E-state index in [9.17, 15) is 0 Å². The van der Waals surface area contributed by atoms with Gasteiger partial charge in [0, 0.05) is 6.61 Å². The first-order valence-electron chi connectivity index (χ1n) is 6.25. The van der Waals surface area contributed by atoms with Crippen LogP contribution in [0.25, 0.3) is 0 Å². The van der Waals surface area contributed by atoms with Crippen LogP contribution in [-0.2, 0) is 0 Å². The maximum absolute atomic E-state index is 8.60. The molecule has 0 aromatic carbocycles. The second-order valence-electron chi connectivity index (χ2n) is 4.49. The smallest absolute Gasteiger partial charge is 0.0431 e. The number of aliphatic hydroxyl groups excluding tert-OH is 1. The largest absolute Gasteiger partial charge is 0.396 e. The Hall–Kier alpha value is -0.0800. The Bertz CT molecular complexity index is 121. The lowest BCUT2D eigenvalue weighted by molar-refractivity contribution is 0.282. The van der Waals surface area contributed by atoms with Gasteiger partial charge in [-0.15, -0.1) is 0 Å². The van der Waals surface area contributed by atoms with E-state index in [1.165, 1.54) is 58.0 Å². The normalized spacial score (nSPS) is 17.8. The molecule has 0 aromatic rings. The van der Waals surface area contributed by atoms with Crippen LogP contribution in [-0.4, -0.2) is 24.8 Å². The molecule has 1 aliphatic carbocycles. The minimum Gasteiger partial charge on any atom is -0.396 e. The predicted octanol–water partition coefficient (Wildman–Crippen LogP) is 2.32. The molecule has 0 amide bonds. The van der Waals surface area contributed by atoms with Crippen molar-refractivity contribution in [1.82, 2.24) is 5.32 Å². The van der Waals surface area contributed by atoms with Crippen molar-refractivity contribution in [2.24, 2.45) is 5.92 Å². The van der Waals surface area contributed by atoms with Crippen LogP contribution in [0.15, 0.2) is 0 Å². The quantitative estimate of drug-likeness (QED) is 0.588. The molecule has 0 radical (unpaired) electrons. The molecule has 0 spiro atoms. The Morgan fingerprint density at radius 2 is 1.71 bits per heavy atom. The van der Waals surface area contributed by atoms with Crippen LogP contribution < -0.4 is 5.32 Å². The Kier molecular flexibility index (Phi) is 7.06. The molecule has 0 atom stereocenters.